The first-order valence-electron chi connectivity index (χ1n) is 1.56. The maximum atomic E-state index is 6.46. The number of nitrogens with zero attached hydrogens (tertiary/aromatic N) is 1. The zero-order valence-electron chi connectivity index (χ0n) is 4.50. The quantitative estimate of drug-likeness (QED) is 0.242. The van der Waals surface area contributed by atoms with Crippen LogP contribution >= 0.6 is 0 Å². The fourth-order valence-corrected chi connectivity index (χ4v) is 0.139. The summed E-state index contributed by atoms with van der Waals surface area (Å²) in [6.07, 6.45) is 0. The van der Waals surface area contributed by atoms with Crippen molar-refractivity contribution >= 4 is 11.9 Å². The SMILES string of the molecule is F.F.N=C(N)N=C(N)N. The van der Waals surface area contributed by atoms with Crippen LogP contribution in [0.2, 0.25) is 0 Å². The average Bonchev–Trinajstić information content (AvgIpc) is 1.27. The Bertz CT molecular complexity index is 106. The first-order valence-corrected chi connectivity index (χ1v) is 1.56. The molecule has 0 atom stereocenters. The van der Waals surface area contributed by atoms with Gasteiger partial charge in [-0.1, -0.05) is 0 Å². The van der Waals surface area contributed by atoms with Gasteiger partial charge in [-0.2, -0.15) is 4.99 Å². The van der Waals surface area contributed by atoms with Gasteiger partial charge in [0.1, 0.15) is 0 Å². The van der Waals surface area contributed by atoms with Crippen molar-refractivity contribution in [2.24, 2.45) is 22.2 Å². The van der Waals surface area contributed by atoms with E-state index in [1.165, 1.54) is 0 Å². The van der Waals surface area contributed by atoms with Crippen molar-refractivity contribution in [1.29, 1.82) is 5.41 Å². The summed E-state index contributed by atoms with van der Waals surface area (Å²) in [4.78, 5) is 3.11. The Kier molecular flexibility index (Phi) is 11.5. The fourth-order valence-electron chi connectivity index (χ4n) is 0.139. The number of halogens is 2. The summed E-state index contributed by atoms with van der Waals surface area (Å²) >= 11 is 0. The molecule has 0 aromatic heterocycles. The van der Waals surface area contributed by atoms with E-state index in [1.807, 2.05) is 0 Å². The van der Waals surface area contributed by atoms with E-state index in [-0.39, 0.29) is 21.3 Å². The molecule has 0 aliphatic rings. The van der Waals surface area contributed by atoms with Gasteiger partial charge < -0.3 is 17.2 Å². The van der Waals surface area contributed by atoms with Gasteiger partial charge in [0.05, 0.1) is 0 Å². The molecule has 0 radical (unpaired) electrons. The van der Waals surface area contributed by atoms with Crippen molar-refractivity contribution in [1.82, 2.24) is 0 Å². The lowest BCUT2D eigenvalue weighted by molar-refractivity contribution is 1.11. The second-order valence-electron chi connectivity index (χ2n) is 0.922. The lowest BCUT2D eigenvalue weighted by atomic mass is 11.0. The Morgan fingerprint density at radius 1 is 1.11 bits per heavy atom. The maximum absolute atomic E-state index is 6.46. The van der Waals surface area contributed by atoms with Gasteiger partial charge in [-0.25, -0.2) is 0 Å². The summed E-state index contributed by atoms with van der Waals surface area (Å²) in [5, 5.41) is 6.46. The van der Waals surface area contributed by atoms with Crippen molar-refractivity contribution < 1.29 is 9.41 Å². The van der Waals surface area contributed by atoms with Crippen molar-refractivity contribution in [3.8, 4) is 0 Å². The average molecular weight is 141 g/mol. The minimum Gasteiger partial charge on any atom is -0.370 e. The minimum absolute atomic E-state index is 0. The van der Waals surface area contributed by atoms with Gasteiger partial charge in [0.25, 0.3) is 0 Å². The molecule has 0 aliphatic heterocycles. The van der Waals surface area contributed by atoms with Gasteiger partial charge in [-0.05, 0) is 0 Å². The van der Waals surface area contributed by atoms with Crippen LogP contribution in [0, 0.1) is 5.41 Å². The van der Waals surface area contributed by atoms with Gasteiger partial charge in [0.15, 0.2) is 5.96 Å². The van der Waals surface area contributed by atoms with Crippen molar-refractivity contribution in [3.05, 3.63) is 0 Å². The van der Waals surface area contributed by atoms with E-state index in [4.69, 9.17) is 22.6 Å². The van der Waals surface area contributed by atoms with Crippen LogP contribution in [0.5, 0.6) is 0 Å². The minimum atomic E-state index is -0.375. The molecule has 0 saturated heterocycles. The highest BCUT2D eigenvalue weighted by molar-refractivity contribution is 5.90. The van der Waals surface area contributed by atoms with E-state index in [0.717, 1.165) is 0 Å². The van der Waals surface area contributed by atoms with E-state index in [1.54, 1.807) is 0 Å². The van der Waals surface area contributed by atoms with Crippen LogP contribution in [-0.2, 0) is 0 Å². The molecule has 0 rings (SSSR count). The molecule has 56 valence electrons. The van der Waals surface area contributed by atoms with Gasteiger partial charge in [-0.15, -0.1) is 0 Å². The molecule has 0 unspecified atom stereocenters. The third-order valence-corrected chi connectivity index (χ3v) is 0.250. The summed E-state index contributed by atoms with van der Waals surface area (Å²) in [5.41, 5.74) is 14.3. The van der Waals surface area contributed by atoms with Crippen LogP contribution in [0.25, 0.3) is 0 Å². The van der Waals surface area contributed by atoms with Gasteiger partial charge in [0, 0.05) is 0 Å². The van der Waals surface area contributed by atoms with Crippen molar-refractivity contribution in [3.63, 3.8) is 0 Å². The topological polar surface area (TPSA) is 114 Å². The third-order valence-electron chi connectivity index (χ3n) is 0.250. The molecule has 0 fully saturated rings. The Hall–Kier alpha value is -1.40. The number of hydrogen-bond acceptors (Lipinski definition) is 1. The standard InChI is InChI=1S/C2H7N5.2FH/c3-1(4)7-2(5)6;;/h(H7,3,4,5,6,7);2*1H. The molecule has 7 N–H and O–H groups in total. The lowest BCUT2D eigenvalue weighted by Crippen LogP contribution is -2.25. The number of hydrogen-bond donors (Lipinski definition) is 4. The highest BCUT2D eigenvalue weighted by Gasteiger charge is 1.78. The van der Waals surface area contributed by atoms with Crippen LogP contribution in [0.15, 0.2) is 4.99 Å². The Balaban J connectivity index is -0.000000180. The molecular formula is C2H9F2N5. The molecule has 0 heterocycles. The molecule has 0 aromatic rings. The van der Waals surface area contributed by atoms with E-state index < -0.39 is 0 Å². The predicted octanol–water partition coefficient (Wildman–Crippen LogP) is -1.54. The Labute approximate surface area is 50.2 Å². The molecular weight excluding hydrogens is 132 g/mol. The van der Waals surface area contributed by atoms with Crippen LogP contribution in [0.4, 0.5) is 9.41 Å². The second kappa shape index (κ2) is 6.60. The largest absolute Gasteiger partial charge is 0.370 e. The summed E-state index contributed by atoms with van der Waals surface area (Å²) in [6, 6.07) is 0. The van der Waals surface area contributed by atoms with Crippen molar-refractivity contribution in [2.75, 3.05) is 0 Å². The zero-order valence-corrected chi connectivity index (χ0v) is 4.50. The van der Waals surface area contributed by atoms with Gasteiger partial charge >= 0.3 is 0 Å². The molecule has 5 nitrogen and oxygen atoms in total. The molecule has 0 bridgehead atoms. The van der Waals surface area contributed by atoms with Crippen LogP contribution < -0.4 is 17.2 Å². The molecule has 0 aliphatic carbocycles. The van der Waals surface area contributed by atoms with Gasteiger partial charge in [0.2, 0.25) is 5.96 Å². The molecule has 7 heteroatoms. The number of guanidine groups is 2. The number of nitrogens with one attached hydrogen (secondary N) is 1. The van der Waals surface area contributed by atoms with Crippen LogP contribution in [0.1, 0.15) is 0 Å². The first-order chi connectivity index (χ1) is 3.13. The summed E-state index contributed by atoms with van der Waals surface area (Å²) in [5.74, 6) is -0.562. The Morgan fingerprint density at radius 2 is 1.44 bits per heavy atom. The highest BCUT2D eigenvalue weighted by Crippen LogP contribution is 1.56. The Morgan fingerprint density at radius 3 is 1.44 bits per heavy atom. The molecule has 9 heavy (non-hydrogen) atoms. The molecule has 0 amide bonds. The highest BCUT2D eigenvalue weighted by atomic mass is 19.0. The normalized spacial score (nSPS) is 5.78. The molecule has 0 spiro atoms. The number of nitrogens with two attached hydrogens (primary N) is 3. The van der Waals surface area contributed by atoms with Crippen molar-refractivity contribution in [2.45, 2.75) is 0 Å². The van der Waals surface area contributed by atoms with E-state index in [0.29, 0.717) is 0 Å². The second-order valence-corrected chi connectivity index (χ2v) is 0.922. The number of rotatable bonds is 0. The third kappa shape index (κ3) is 20.7. The maximum Gasteiger partial charge on any atom is 0.215 e. The smallest absolute Gasteiger partial charge is 0.215 e. The van der Waals surface area contributed by atoms with Crippen LogP contribution in [-0.4, -0.2) is 11.9 Å². The van der Waals surface area contributed by atoms with E-state index in [9.17, 15) is 0 Å². The van der Waals surface area contributed by atoms with E-state index >= 15 is 0 Å². The monoisotopic (exact) mass is 141 g/mol. The zero-order chi connectivity index (χ0) is 5.86. The van der Waals surface area contributed by atoms with Gasteiger partial charge in [-0.3, -0.25) is 14.8 Å². The lowest BCUT2D eigenvalue weighted by Gasteiger charge is -1.84. The molecule has 0 aromatic carbocycles. The summed E-state index contributed by atoms with van der Waals surface area (Å²) in [6.45, 7) is 0. The number of aliphatic imine (C=N–C) groups is 1. The van der Waals surface area contributed by atoms with E-state index in [2.05, 4.69) is 4.99 Å². The van der Waals surface area contributed by atoms with Crippen LogP contribution in [0.3, 0.4) is 0 Å². The summed E-state index contributed by atoms with van der Waals surface area (Å²) < 4.78 is 0. The predicted molar refractivity (Wildman–Crippen MR) is 32.7 cm³/mol. The molecule has 0 saturated carbocycles. The fraction of sp³-hybridized carbons (Fsp3) is 0. The first kappa shape index (κ1) is 15.6. The summed E-state index contributed by atoms with van der Waals surface area (Å²) in [7, 11) is 0.